The van der Waals surface area contributed by atoms with Gasteiger partial charge in [0.25, 0.3) is 0 Å². The summed E-state index contributed by atoms with van der Waals surface area (Å²) in [5.74, 6) is 0.914. The molecule has 0 saturated carbocycles. The van der Waals surface area contributed by atoms with Crippen LogP contribution in [0.15, 0.2) is 41.6 Å². The highest BCUT2D eigenvalue weighted by Crippen LogP contribution is 2.29. The number of rotatable bonds is 6. The lowest BCUT2D eigenvalue weighted by Crippen LogP contribution is -2.14. The van der Waals surface area contributed by atoms with Crippen LogP contribution in [0, 0.1) is 0 Å². The molecule has 20 heavy (non-hydrogen) atoms. The number of thioether (sulfide) groups is 1. The molecule has 2 rings (SSSR count). The molecule has 0 aliphatic carbocycles. The highest BCUT2D eigenvalue weighted by molar-refractivity contribution is 8.00. The number of amides is 1. The van der Waals surface area contributed by atoms with Gasteiger partial charge in [0.15, 0.2) is 0 Å². The number of aromatic nitrogens is 2. The van der Waals surface area contributed by atoms with Gasteiger partial charge in [-0.25, -0.2) is 4.98 Å². The first kappa shape index (κ1) is 14.5. The van der Waals surface area contributed by atoms with Crippen molar-refractivity contribution in [1.82, 2.24) is 9.55 Å². The number of anilines is 1. The van der Waals surface area contributed by atoms with Gasteiger partial charge in [-0.1, -0.05) is 12.1 Å². The molecule has 0 aliphatic rings. The second-order valence-corrected chi connectivity index (χ2v) is 5.53. The van der Waals surface area contributed by atoms with E-state index in [1.54, 1.807) is 6.20 Å². The Hall–Kier alpha value is -1.95. The molecule has 3 N–H and O–H groups in total. The maximum Gasteiger partial charge on any atom is 0.227 e. The summed E-state index contributed by atoms with van der Waals surface area (Å²) >= 11 is 1.43. The predicted octanol–water partition coefficient (Wildman–Crippen LogP) is 2.17. The molecule has 1 atom stereocenters. The third-order valence-electron chi connectivity index (χ3n) is 2.87. The van der Waals surface area contributed by atoms with Gasteiger partial charge in [-0.05, 0) is 19.1 Å². The molecule has 2 aromatic rings. The molecule has 1 unspecified atom stereocenters. The van der Waals surface area contributed by atoms with Crippen LogP contribution in [0.5, 0.6) is 0 Å². The summed E-state index contributed by atoms with van der Waals surface area (Å²) in [5, 5.41) is 3.42. The summed E-state index contributed by atoms with van der Waals surface area (Å²) in [7, 11) is 1.97. The largest absolute Gasteiger partial charge is 0.374 e. The molecule has 0 saturated heterocycles. The van der Waals surface area contributed by atoms with Crippen molar-refractivity contribution < 1.29 is 4.79 Å². The van der Waals surface area contributed by atoms with E-state index in [1.165, 1.54) is 11.8 Å². The van der Waals surface area contributed by atoms with Crippen molar-refractivity contribution in [2.45, 2.75) is 17.9 Å². The molecular weight excluding hydrogens is 272 g/mol. The van der Waals surface area contributed by atoms with Gasteiger partial charge in [0.1, 0.15) is 5.82 Å². The van der Waals surface area contributed by atoms with Gasteiger partial charge in [-0.15, -0.1) is 11.8 Å². The van der Waals surface area contributed by atoms with Crippen molar-refractivity contribution in [2.75, 3.05) is 11.1 Å². The molecule has 5 nitrogen and oxygen atoms in total. The van der Waals surface area contributed by atoms with Crippen molar-refractivity contribution in [3.8, 4) is 0 Å². The fraction of sp³-hybridized carbons (Fsp3) is 0.286. The molecule has 1 amide bonds. The number of hydrogen-bond donors (Lipinski definition) is 2. The molecule has 0 radical (unpaired) electrons. The molecule has 1 heterocycles. The van der Waals surface area contributed by atoms with E-state index in [1.807, 2.05) is 42.1 Å². The predicted molar refractivity (Wildman–Crippen MR) is 81.6 cm³/mol. The minimum Gasteiger partial charge on any atom is -0.374 e. The minimum atomic E-state index is -0.318. The third-order valence-corrected chi connectivity index (χ3v) is 3.97. The Bertz CT molecular complexity index is 596. The van der Waals surface area contributed by atoms with E-state index >= 15 is 0 Å². The standard InChI is InChI=1S/C14H18N4OS/c1-10(14-16-7-8-18(14)2)17-11-5-3-4-6-12(11)20-9-13(15)19/h3-8,10,17H,9H2,1-2H3,(H2,15,19). The maximum absolute atomic E-state index is 10.9. The second-order valence-electron chi connectivity index (χ2n) is 4.51. The fourth-order valence-electron chi connectivity index (χ4n) is 1.95. The van der Waals surface area contributed by atoms with E-state index in [0.29, 0.717) is 0 Å². The van der Waals surface area contributed by atoms with Gasteiger partial charge in [0.2, 0.25) is 5.91 Å². The molecule has 0 fully saturated rings. The highest BCUT2D eigenvalue weighted by Gasteiger charge is 2.12. The lowest BCUT2D eigenvalue weighted by Gasteiger charge is -2.17. The van der Waals surface area contributed by atoms with Crippen LogP contribution in [0.4, 0.5) is 5.69 Å². The Morgan fingerprint density at radius 3 is 2.90 bits per heavy atom. The van der Waals surface area contributed by atoms with E-state index in [9.17, 15) is 4.79 Å². The third kappa shape index (κ3) is 3.54. The number of imidazole rings is 1. The van der Waals surface area contributed by atoms with E-state index in [2.05, 4.69) is 17.2 Å². The number of benzene rings is 1. The number of para-hydroxylation sites is 1. The Morgan fingerprint density at radius 1 is 1.50 bits per heavy atom. The van der Waals surface area contributed by atoms with Crippen LogP contribution in [-0.4, -0.2) is 21.2 Å². The van der Waals surface area contributed by atoms with Crippen LogP contribution >= 0.6 is 11.8 Å². The first-order chi connectivity index (χ1) is 9.58. The Kier molecular flexibility index (Phi) is 4.68. The zero-order valence-electron chi connectivity index (χ0n) is 11.5. The number of primary amides is 1. The van der Waals surface area contributed by atoms with Crippen molar-refractivity contribution in [2.24, 2.45) is 12.8 Å². The molecule has 0 bridgehead atoms. The van der Waals surface area contributed by atoms with E-state index in [0.717, 1.165) is 16.4 Å². The fourth-order valence-corrected chi connectivity index (χ4v) is 2.71. The van der Waals surface area contributed by atoms with E-state index in [4.69, 9.17) is 5.73 Å². The molecule has 6 heteroatoms. The summed E-state index contributed by atoms with van der Waals surface area (Å²) in [6.07, 6.45) is 3.70. The summed E-state index contributed by atoms with van der Waals surface area (Å²) in [4.78, 5) is 16.2. The number of nitrogens with zero attached hydrogens (tertiary/aromatic N) is 2. The first-order valence-corrected chi connectivity index (χ1v) is 7.30. The molecule has 1 aromatic carbocycles. The minimum absolute atomic E-state index is 0.0744. The second kappa shape index (κ2) is 6.47. The van der Waals surface area contributed by atoms with Crippen LogP contribution in [0.2, 0.25) is 0 Å². The van der Waals surface area contributed by atoms with Crippen molar-refractivity contribution >= 4 is 23.4 Å². The van der Waals surface area contributed by atoms with Crippen molar-refractivity contribution in [3.05, 3.63) is 42.5 Å². The zero-order chi connectivity index (χ0) is 14.5. The molecule has 106 valence electrons. The number of nitrogens with two attached hydrogens (primary N) is 1. The maximum atomic E-state index is 10.9. The summed E-state index contributed by atoms with van der Waals surface area (Å²) in [6.45, 7) is 2.05. The molecule has 0 spiro atoms. The monoisotopic (exact) mass is 290 g/mol. The van der Waals surface area contributed by atoms with Crippen LogP contribution < -0.4 is 11.1 Å². The quantitative estimate of drug-likeness (QED) is 0.800. The molecular formula is C14H18N4OS. The zero-order valence-corrected chi connectivity index (χ0v) is 12.4. The average Bonchev–Trinajstić information content (AvgIpc) is 2.84. The van der Waals surface area contributed by atoms with Gasteiger partial charge in [0.05, 0.1) is 11.8 Å². The van der Waals surface area contributed by atoms with Gasteiger partial charge in [-0.2, -0.15) is 0 Å². The Balaban J connectivity index is 2.12. The summed E-state index contributed by atoms with van der Waals surface area (Å²) < 4.78 is 1.98. The van der Waals surface area contributed by atoms with E-state index in [-0.39, 0.29) is 17.7 Å². The van der Waals surface area contributed by atoms with Crippen LogP contribution in [0.25, 0.3) is 0 Å². The lowest BCUT2D eigenvalue weighted by atomic mass is 10.2. The van der Waals surface area contributed by atoms with Gasteiger partial charge in [0, 0.05) is 30.0 Å². The van der Waals surface area contributed by atoms with Gasteiger partial charge in [-0.3, -0.25) is 4.79 Å². The normalized spacial score (nSPS) is 12.1. The Labute approximate surface area is 122 Å². The topological polar surface area (TPSA) is 72.9 Å². The molecule has 1 aromatic heterocycles. The van der Waals surface area contributed by atoms with Crippen molar-refractivity contribution in [1.29, 1.82) is 0 Å². The number of hydrogen-bond acceptors (Lipinski definition) is 4. The number of aryl methyl sites for hydroxylation is 1. The number of carbonyl (C=O) groups is 1. The van der Waals surface area contributed by atoms with E-state index < -0.39 is 0 Å². The highest BCUT2D eigenvalue weighted by atomic mass is 32.2. The van der Waals surface area contributed by atoms with Crippen LogP contribution in [0.1, 0.15) is 18.8 Å². The van der Waals surface area contributed by atoms with Gasteiger partial charge >= 0.3 is 0 Å². The van der Waals surface area contributed by atoms with Crippen molar-refractivity contribution in [3.63, 3.8) is 0 Å². The van der Waals surface area contributed by atoms with Crippen LogP contribution in [-0.2, 0) is 11.8 Å². The summed E-state index contributed by atoms with van der Waals surface area (Å²) in [5.41, 5.74) is 6.18. The summed E-state index contributed by atoms with van der Waals surface area (Å²) in [6, 6.07) is 7.94. The number of nitrogens with one attached hydrogen (secondary N) is 1. The molecule has 0 aliphatic heterocycles. The van der Waals surface area contributed by atoms with Gasteiger partial charge < -0.3 is 15.6 Å². The lowest BCUT2D eigenvalue weighted by molar-refractivity contribution is -0.115. The van der Waals surface area contributed by atoms with Crippen LogP contribution in [0.3, 0.4) is 0 Å². The average molecular weight is 290 g/mol. The SMILES string of the molecule is CC(Nc1ccccc1SCC(N)=O)c1nccn1C. The Morgan fingerprint density at radius 2 is 2.25 bits per heavy atom. The smallest absolute Gasteiger partial charge is 0.227 e. The number of carbonyl (C=O) groups excluding carboxylic acids is 1. The first-order valence-electron chi connectivity index (χ1n) is 6.32.